The molecule has 1 N–H and O–H groups in total. The van der Waals surface area contributed by atoms with E-state index in [1.54, 1.807) is 22.7 Å². The SMILES string of the molecule is O=C(c1ccccc1)c1cccc2nc(Nc3ccccc3)nn12. The average Bonchev–Trinajstić information content (AvgIpc) is 3.05. The Labute approximate surface area is 138 Å². The summed E-state index contributed by atoms with van der Waals surface area (Å²) in [4.78, 5) is 17.2. The lowest BCUT2D eigenvalue weighted by molar-refractivity contribution is 0.103. The van der Waals surface area contributed by atoms with Gasteiger partial charge in [-0.05, 0) is 24.3 Å². The smallest absolute Gasteiger partial charge is 0.247 e. The van der Waals surface area contributed by atoms with Crippen LogP contribution in [0.1, 0.15) is 16.1 Å². The average molecular weight is 314 g/mol. The molecule has 0 fully saturated rings. The molecule has 0 aliphatic heterocycles. The second kappa shape index (κ2) is 5.96. The van der Waals surface area contributed by atoms with Crippen LogP contribution in [0.4, 0.5) is 11.6 Å². The topological polar surface area (TPSA) is 59.3 Å². The van der Waals surface area contributed by atoms with Crippen molar-refractivity contribution in [2.45, 2.75) is 0 Å². The number of aromatic nitrogens is 3. The number of anilines is 2. The first-order valence-corrected chi connectivity index (χ1v) is 7.59. The number of hydrogen-bond donors (Lipinski definition) is 1. The van der Waals surface area contributed by atoms with Gasteiger partial charge >= 0.3 is 0 Å². The molecule has 2 heterocycles. The van der Waals surface area contributed by atoms with Crippen LogP contribution in [-0.2, 0) is 0 Å². The van der Waals surface area contributed by atoms with Crippen molar-refractivity contribution in [1.29, 1.82) is 0 Å². The fourth-order valence-corrected chi connectivity index (χ4v) is 2.52. The van der Waals surface area contributed by atoms with Gasteiger partial charge in [-0.25, -0.2) is 4.52 Å². The highest BCUT2D eigenvalue weighted by atomic mass is 16.1. The zero-order chi connectivity index (χ0) is 16.4. The number of fused-ring (bicyclic) bond motifs is 1. The van der Waals surface area contributed by atoms with Crippen molar-refractivity contribution in [3.8, 4) is 0 Å². The molecule has 0 saturated heterocycles. The Balaban J connectivity index is 1.74. The molecular weight excluding hydrogens is 300 g/mol. The molecule has 24 heavy (non-hydrogen) atoms. The number of hydrogen-bond acceptors (Lipinski definition) is 4. The summed E-state index contributed by atoms with van der Waals surface area (Å²) in [5, 5.41) is 7.57. The first-order valence-electron chi connectivity index (χ1n) is 7.59. The summed E-state index contributed by atoms with van der Waals surface area (Å²) in [6.07, 6.45) is 0. The van der Waals surface area contributed by atoms with Gasteiger partial charge in [-0.3, -0.25) is 4.79 Å². The lowest BCUT2D eigenvalue weighted by Crippen LogP contribution is -2.08. The van der Waals surface area contributed by atoms with Crippen molar-refractivity contribution >= 4 is 23.1 Å². The van der Waals surface area contributed by atoms with Gasteiger partial charge in [0.15, 0.2) is 5.65 Å². The molecule has 5 nitrogen and oxygen atoms in total. The molecule has 0 amide bonds. The number of benzene rings is 2. The van der Waals surface area contributed by atoms with Crippen LogP contribution in [-0.4, -0.2) is 20.4 Å². The molecule has 5 heteroatoms. The highest BCUT2D eigenvalue weighted by Gasteiger charge is 2.15. The third kappa shape index (κ3) is 2.63. The third-order valence-electron chi connectivity index (χ3n) is 3.66. The van der Waals surface area contributed by atoms with Crippen LogP contribution in [0.2, 0.25) is 0 Å². The van der Waals surface area contributed by atoms with E-state index in [-0.39, 0.29) is 5.78 Å². The summed E-state index contributed by atoms with van der Waals surface area (Å²) in [7, 11) is 0. The van der Waals surface area contributed by atoms with Crippen molar-refractivity contribution < 1.29 is 4.79 Å². The number of carbonyl (C=O) groups is 1. The molecule has 0 unspecified atom stereocenters. The molecule has 2 aromatic heterocycles. The molecule has 0 aliphatic carbocycles. The van der Waals surface area contributed by atoms with Crippen LogP contribution in [0.3, 0.4) is 0 Å². The summed E-state index contributed by atoms with van der Waals surface area (Å²) < 4.78 is 1.57. The Morgan fingerprint density at radius 2 is 1.54 bits per heavy atom. The van der Waals surface area contributed by atoms with Crippen molar-refractivity contribution in [2.24, 2.45) is 0 Å². The largest absolute Gasteiger partial charge is 0.323 e. The quantitative estimate of drug-likeness (QED) is 0.583. The van der Waals surface area contributed by atoms with Crippen molar-refractivity contribution in [3.05, 3.63) is 90.1 Å². The number of carbonyl (C=O) groups excluding carboxylic acids is 1. The van der Waals surface area contributed by atoms with Gasteiger partial charge in [0.25, 0.3) is 0 Å². The molecule has 0 bridgehead atoms. The van der Waals surface area contributed by atoms with Crippen LogP contribution in [0.5, 0.6) is 0 Å². The number of pyridine rings is 1. The Kier molecular flexibility index (Phi) is 3.51. The predicted molar refractivity (Wildman–Crippen MR) is 92.6 cm³/mol. The van der Waals surface area contributed by atoms with E-state index < -0.39 is 0 Å². The van der Waals surface area contributed by atoms with E-state index in [1.165, 1.54) is 0 Å². The zero-order valence-corrected chi connectivity index (χ0v) is 12.8. The molecule has 0 radical (unpaired) electrons. The van der Waals surface area contributed by atoms with Gasteiger partial charge in [-0.15, -0.1) is 5.10 Å². The molecular formula is C19H14N4O. The summed E-state index contributed by atoms with van der Waals surface area (Å²) >= 11 is 0. The van der Waals surface area contributed by atoms with E-state index in [1.807, 2.05) is 60.7 Å². The maximum atomic E-state index is 12.7. The monoisotopic (exact) mass is 314 g/mol. The third-order valence-corrected chi connectivity index (χ3v) is 3.66. The number of nitrogens with zero attached hydrogens (tertiary/aromatic N) is 3. The highest BCUT2D eigenvalue weighted by Crippen LogP contribution is 2.16. The van der Waals surface area contributed by atoms with Gasteiger partial charge in [0.1, 0.15) is 5.69 Å². The number of para-hydroxylation sites is 1. The number of ketones is 1. The molecule has 0 aliphatic rings. The second-order valence-corrected chi connectivity index (χ2v) is 5.30. The van der Waals surface area contributed by atoms with Gasteiger partial charge in [0.2, 0.25) is 11.7 Å². The minimum atomic E-state index is -0.0858. The Hall–Kier alpha value is -3.47. The maximum Gasteiger partial charge on any atom is 0.247 e. The maximum absolute atomic E-state index is 12.7. The number of nitrogens with one attached hydrogen (secondary N) is 1. The minimum Gasteiger partial charge on any atom is -0.323 e. The normalized spacial score (nSPS) is 10.7. The molecule has 0 spiro atoms. The van der Waals surface area contributed by atoms with Gasteiger partial charge in [-0.2, -0.15) is 4.98 Å². The van der Waals surface area contributed by atoms with Crippen LogP contribution in [0, 0.1) is 0 Å². The van der Waals surface area contributed by atoms with Gasteiger partial charge in [-0.1, -0.05) is 54.6 Å². The van der Waals surface area contributed by atoms with Gasteiger partial charge in [0.05, 0.1) is 0 Å². The first kappa shape index (κ1) is 14.1. The van der Waals surface area contributed by atoms with Gasteiger partial charge in [0, 0.05) is 11.3 Å². The van der Waals surface area contributed by atoms with Crippen molar-refractivity contribution in [2.75, 3.05) is 5.32 Å². The zero-order valence-electron chi connectivity index (χ0n) is 12.8. The van der Waals surface area contributed by atoms with E-state index in [0.717, 1.165) is 5.69 Å². The molecule has 4 rings (SSSR count). The van der Waals surface area contributed by atoms with Crippen LogP contribution in [0.25, 0.3) is 5.65 Å². The fraction of sp³-hybridized carbons (Fsp3) is 0. The molecule has 4 aromatic rings. The standard InChI is InChI=1S/C19H14N4O/c24-18(14-8-3-1-4-9-14)16-12-7-13-17-21-19(22-23(16)17)20-15-10-5-2-6-11-15/h1-13H,(H,20,22). The summed E-state index contributed by atoms with van der Waals surface area (Å²) in [5.74, 6) is 0.367. The predicted octanol–water partition coefficient (Wildman–Crippen LogP) is 3.70. The van der Waals surface area contributed by atoms with E-state index in [9.17, 15) is 4.79 Å². The molecule has 0 atom stereocenters. The fourth-order valence-electron chi connectivity index (χ4n) is 2.52. The van der Waals surface area contributed by atoms with Crippen LogP contribution >= 0.6 is 0 Å². The van der Waals surface area contributed by atoms with Gasteiger partial charge < -0.3 is 5.32 Å². The van der Waals surface area contributed by atoms with E-state index in [0.29, 0.717) is 22.9 Å². The van der Waals surface area contributed by atoms with E-state index in [4.69, 9.17) is 0 Å². The van der Waals surface area contributed by atoms with Crippen molar-refractivity contribution in [3.63, 3.8) is 0 Å². The molecule has 116 valence electrons. The molecule has 2 aromatic carbocycles. The number of rotatable bonds is 4. The summed E-state index contributed by atoms with van der Waals surface area (Å²) in [6.45, 7) is 0. The minimum absolute atomic E-state index is 0.0858. The lowest BCUT2D eigenvalue weighted by atomic mass is 10.1. The van der Waals surface area contributed by atoms with Crippen LogP contribution in [0.15, 0.2) is 78.9 Å². The summed E-state index contributed by atoms with van der Waals surface area (Å²) in [6, 6.07) is 24.2. The summed E-state index contributed by atoms with van der Waals surface area (Å²) in [5.41, 5.74) is 2.62. The Bertz CT molecular complexity index is 994. The lowest BCUT2D eigenvalue weighted by Gasteiger charge is -2.03. The Morgan fingerprint density at radius 3 is 2.29 bits per heavy atom. The van der Waals surface area contributed by atoms with E-state index >= 15 is 0 Å². The first-order chi connectivity index (χ1) is 11.8. The Morgan fingerprint density at radius 1 is 0.833 bits per heavy atom. The van der Waals surface area contributed by atoms with E-state index in [2.05, 4.69) is 15.4 Å². The highest BCUT2D eigenvalue weighted by molar-refractivity contribution is 6.08. The second-order valence-electron chi connectivity index (χ2n) is 5.30. The molecule has 0 saturated carbocycles. The van der Waals surface area contributed by atoms with Crippen molar-refractivity contribution in [1.82, 2.24) is 14.6 Å². The van der Waals surface area contributed by atoms with Crippen LogP contribution < -0.4 is 5.32 Å².